The fraction of sp³-hybridized carbons (Fsp3) is 0. The molecule has 2 aromatic heterocycles. The summed E-state index contributed by atoms with van der Waals surface area (Å²) in [7, 11) is 0. The fourth-order valence-corrected chi connectivity index (χ4v) is 4.63. The van der Waals surface area contributed by atoms with E-state index >= 15 is 0 Å². The lowest BCUT2D eigenvalue weighted by molar-refractivity contribution is 0.491. The van der Waals surface area contributed by atoms with E-state index in [1.807, 2.05) is 24.3 Å². The summed E-state index contributed by atoms with van der Waals surface area (Å²) in [5.74, 6) is 0. The summed E-state index contributed by atoms with van der Waals surface area (Å²) in [5, 5.41) is 3.35. The molecular formula is C30H16O5. The van der Waals surface area contributed by atoms with Gasteiger partial charge in [0.05, 0.1) is 10.8 Å². The first-order valence-electron chi connectivity index (χ1n) is 11.0. The van der Waals surface area contributed by atoms with Crippen LogP contribution in [0.15, 0.2) is 121 Å². The summed E-state index contributed by atoms with van der Waals surface area (Å²) in [6.07, 6.45) is 0. The van der Waals surface area contributed by atoms with E-state index in [9.17, 15) is 19.2 Å². The van der Waals surface area contributed by atoms with E-state index in [0.29, 0.717) is 21.5 Å². The highest BCUT2D eigenvalue weighted by atomic mass is 16.4. The first kappa shape index (κ1) is 20.7. The lowest BCUT2D eigenvalue weighted by Crippen LogP contribution is -2.11. The maximum atomic E-state index is 13.5. The minimum absolute atomic E-state index is 0.0119. The molecule has 0 aliphatic rings. The van der Waals surface area contributed by atoms with E-state index in [2.05, 4.69) is 0 Å². The second kappa shape index (κ2) is 7.85. The highest BCUT2D eigenvalue weighted by Crippen LogP contribution is 2.22. The smallest absolute Gasteiger partial charge is 0.347 e. The topological polar surface area (TPSA) is 81.4 Å². The van der Waals surface area contributed by atoms with Crippen LogP contribution in [0.2, 0.25) is 0 Å². The van der Waals surface area contributed by atoms with E-state index < -0.39 is 22.1 Å². The molecular weight excluding hydrogens is 440 g/mol. The molecule has 0 radical (unpaired) electrons. The van der Waals surface area contributed by atoms with Crippen LogP contribution in [-0.2, 0) is 0 Å². The van der Waals surface area contributed by atoms with Crippen LogP contribution >= 0.6 is 0 Å². The molecule has 5 nitrogen and oxygen atoms in total. The van der Waals surface area contributed by atoms with Gasteiger partial charge in [0.25, 0.3) is 0 Å². The Labute approximate surface area is 196 Å². The predicted octanol–water partition coefficient (Wildman–Crippen LogP) is 5.05. The summed E-state index contributed by atoms with van der Waals surface area (Å²) >= 11 is 0. The van der Waals surface area contributed by atoms with Crippen molar-refractivity contribution in [3.05, 3.63) is 138 Å². The molecule has 0 fully saturated rings. The summed E-state index contributed by atoms with van der Waals surface area (Å²) in [4.78, 5) is 53.8. The van der Waals surface area contributed by atoms with E-state index in [1.54, 1.807) is 72.8 Å². The van der Waals surface area contributed by atoms with Crippen LogP contribution in [0.25, 0.3) is 53.9 Å². The van der Waals surface area contributed by atoms with Crippen LogP contribution in [0, 0.1) is 0 Å². The Kier molecular flexibility index (Phi) is 4.64. The van der Waals surface area contributed by atoms with Crippen molar-refractivity contribution in [2.45, 2.75) is 0 Å². The monoisotopic (exact) mass is 456 g/mol. The molecule has 7 aromatic rings. The van der Waals surface area contributed by atoms with Gasteiger partial charge in [-0.2, -0.15) is 0 Å². The molecule has 2 heterocycles. The van der Waals surface area contributed by atoms with Crippen molar-refractivity contribution >= 4 is 53.9 Å². The maximum absolute atomic E-state index is 13.5. The number of hydrogen-bond acceptors (Lipinski definition) is 5. The summed E-state index contributed by atoms with van der Waals surface area (Å²) in [6, 6.07) is 27.0. The molecule has 5 aromatic carbocycles. The van der Waals surface area contributed by atoms with Crippen LogP contribution < -0.4 is 22.1 Å². The highest BCUT2D eigenvalue weighted by molar-refractivity contribution is 6.08. The van der Waals surface area contributed by atoms with Gasteiger partial charge in [0, 0.05) is 21.5 Å². The molecule has 35 heavy (non-hydrogen) atoms. The van der Waals surface area contributed by atoms with Gasteiger partial charge < -0.3 is 4.42 Å². The van der Waals surface area contributed by atoms with Crippen molar-refractivity contribution in [1.82, 2.24) is 0 Å². The van der Waals surface area contributed by atoms with Gasteiger partial charge in [-0.15, -0.1) is 0 Å². The van der Waals surface area contributed by atoms with Gasteiger partial charge in [-0.1, -0.05) is 84.9 Å². The Morgan fingerprint density at radius 2 is 0.743 bits per heavy atom. The number of benzene rings is 5. The Morgan fingerprint density at radius 3 is 1.17 bits per heavy atom. The first-order valence-corrected chi connectivity index (χ1v) is 11.0. The third-order valence-electron chi connectivity index (χ3n) is 6.35. The first-order chi connectivity index (χ1) is 17.0. The maximum Gasteiger partial charge on any atom is 0.347 e. The van der Waals surface area contributed by atoms with Crippen molar-refractivity contribution in [2.75, 3.05) is 0 Å². The average Bonchev–Trinajstić information content (AvgIpc) is 2.91. The van der Waals surface area contributed by atoms with Gasteiger partial charge in [-0.25, -0.2) is 9.59 Å². The zero-order chi connectivity index (χ0) is 24.1. The van der Waals surface area contributed by atoms with Crippen molar-refractivity contribution in [3.8, 4) is 0 Å². The van der Waals surface area contributed by atoms with E-state index in [-0.39, 0.29) is 21.5 Å². The molecule has 0 aliphatic heterocycles. The van der Waals surface area contributed by atoms with E-state index in [1.165, 1.54) is 0 Å². The van der Waals surface area contributed by atoms with Gasteiger partial charge in [0.2, 0.25) is 0 Å². The molecule has 166 valence electrons. The minimum Gasteiger partial charge on any atom is -0.386 e. The zero-order valence-electron chi connectivity index (χ0n) is 18.3. The molecule has 7 rings (SSSR count). The second-order valence-electron chi connectivity index (χ2n) is 8.33. The number of rotatable bonds is 0. The normalized spacial score (nSPS) is 11.3. The van der Waals surface area contributed by atoms with Crippen LogP contribution in [0.5, 0.6) is 0 Å². The molecule has 0 N–H and O–H groups in total. The minimum atomic E-state index is -0.948. The van der Waals surface area contributed by atoms with Crippen LogP contribution in [0.4, 0.5) is 0 Å². The van der Waals surface area contributed by atoms with Gasteiger partial charge in [-0.3, -0.25) is 9.59 Å². The van der Waals surface area contributed by atoms with E-state index in [4.69, 9.17) is 4.42 Å². The molecule has 5 heteroatoms. The van der Waals surface area contributed by atoms with Gasteiger partial charge in [0.1, 0.15) is 0 Å². The van der Waals surface area contributed by atoms with Gasteiger partial charge in [0.15, 0.2) is 10.9 Å². The Bertz CT molecular complexity index is 1970. The molecule has 0 saturated carbocycles. The quantitative estimate of drug-likeness (QED) is 0.320. The number of fused-ring (bicyclic) bond motifs is 6. The molecule has 2 bridgehead atoms. The summed E-state index contributed by atoms with van der Waals surface area (Å²) < 4.78 is 5.38. The van der Waals surface area contributed by atoms with E-state index in [0.717, 1.165) is 10.8 Å². The third-order valence-corrected chi connectivity index (χ3v) is 6.35. The van der Waals surface area contributed by atoms with Crippen LogP contribution in [-0.4, -0.2) is 0 Å². The predicted molar refractivity (Wildman–Crippen MR) is 140 cm³/mol. The molecule has 0 amide bonds. The standard InChI is InChI=1S/C30H16O5/c31-27-19-9-11-20(12-10-19)28(32)24-16-14-18-6-2-4-8-22(18)26(24)30(34)35-29(33)25-21-7-3-1-5-17(21)13-15-23(25)27/h1-16H. The molecule has 0 spiro atoms. The Hall–Kier alpha value is -4.90. The van der Waals surface area contributed by atoms with Crippen LogP contribution in [0.3, 0.4) is 0 Å². The molecule has 0 atom stereocenters. The van der Waals surface area contributed by atoms with Crippen molar-refractivity contribution in [2.24, 2.45) is 0 Å². The average molecular weight is 456 g/mol. The molecule has 0 aliphatic carbocycles. The van der Waals surface area contributed by atoms with Crippen molar-refractivity contribution in [1.29, 1.82) is 0 Å². The van der Waals surface area contributed by atoms with Gasteiger partial charge >= 0.3 is 11.3 Å². The van der Waals surface area contributed by atoms with Crippen molar-refractivity contribution in [3.63, 3.8) is 0 Å². The van der Waals surface area contributed by atoms with Crippen LogP contribution in [0.1, 0.15) is 0 Å². The zero-order valence-corrected chi connectivity index (χ0v) is 18.3. The lowest BCUT2D eigenvalue weighted by Gasteiger charge is -2.00. The van der Waals surface area contributed by atoms with Gasteiger partial charge in [-0.05, 0) is 33.7 Å². The SMILES string of the molecule is O=c1c2ccc(cc2)c(=O)c2ccc3ccccc3c2c(=O)oc(=O)c2c1ccc1ccccc12. The second-order valence-corrected chi connectivity index (χ2v) is 8.33. The summed E-state index contributed by atoms with van der Waals surface area (Å²) in [5.41, 5.74) is -2.71. The lowest BCUT2D eigenvalue weighted by atomic mass is 10.0. The highest BCUT2D eigenvalue weighted by Gasteiger charge is 2.11. The molecule has 0 saturated heterocycles. The fourth-order valence-electron chi connectivity index (χ4n) is 4.63. The molecule has 0 unspecified atom stereocenters. The Morgan fingerprint density at radius 1 is 0.371 bits per heavy atom. The van der Waals surface area contributed by atoms with Crippen molar-refractivity contribution < 1.29 is 4.42 Å². The summed E-state index contributed by atoms with van der Waals surface area (Å²) in [6.45, 7) is 0. The Balaban J connectivity index is 2.03. The number of hydrogen-bond donors (Lipinski definition) is 0. The largest absolute Gasteiger partial charge is 0.386 e. The third kappa shape index (κ3) is 3.25.